The molecule has 3 heterocycles. The highest BCUT2D eigenvalue weighted by atomic mass is 19.1. The van der Waals surface area contributed by atoms with Crippen molar-refractivity contribution in [3.63, 3.8) is 0 Å². The summed E-state index contributed by atoms with van der Waals surface area (Å²) in [7, 11) is 0. The van der Waals surface area contributed by atoms with Crippen molar-refractivity contribution in [2.45, 2.75) is 31.9 Å². The van der Waals surface area contributed by atoms with Gasteiger partial charge in [-0.1, -0.05) is 12.1 Å². The highest BCUT2D eigenvalue weighted by Gasteiger charge is 2.28. The van der Waals surface area contributed by atoms with Gasteiger partial charge >= 0.3 is 0 Å². The van der Waals surface area contributed by atoms with Gasteiger partial charge in [-0.3, -0.25) is 14.3 Å². The number of rotatable bonds is 3. The number of nitrogens with one attached hydrogen (secondary N) is 1. The molecular formula is C20H23FN4O3. The maximum atomic E-state index is 13.0. The summed E-state index contributed by atoms with van der Waals surface area (Å²) in [6, 6.07) is 8.07. The highest BCUT2D eigenvalue weighted by molar-refractivity contribution is 5.98. The van der Waals surface area contributed by atoms with Crippen molar-refractivity contribution in [1.29, 1.82) is 0 Å². The molecule has 7 nitrogen and oxygen atoms in total. The number of nitrogens with zero attached hydrogens (tertiary/aromatic N) is 3. The molecule has 0 aliphatic carbocycles. The van der Waals surface area contributed by atoms with E-state index in [0.717, 1.165) is 24.8 Å². The number of amides is 2. The number of likely N-dealkylation sites (tertiary alicyclic amines) is 1. The van der Waals surface area contributed by atoms with Gasteiger partial charge in [0, 0.05) is 25.7 Å². The Kier molecular flexibility index (Phi) is 5.13. The SMILES string of the molecule is O=C1NC[C@H](O)Cn2nc(C(=O)N3CCC(Cc4ccc(F)cc4)CC3)cc21. The summed E-state index contributed by atoms with van der Waals surface area (Å²) in [6.45, 7) is 1.61. The molecule has 2 amide bonds. The van der Waals surface area contributed by atoms with Crippen LogP contribution in [-0.4, -0.2) is 57.3 Å². The molecule has 1 saturated heterocycles. The normalized spacial score (nSPS) is 20.4. The maximum absolute atomic E-state index is 13.0. The number of benzene rings is 1. The van der Waals surface area contributed by atoms with Crippen molar-refractivity contribution < 1.29 is 19.1 Å². The van der Waals surface area contributed by atoms with E-state index in [2.05, 4.69) is 10.4 Å². The van der Waals surface area contributed by atoms with Crippen LogP contribution in [0, 0.1) is 11.7 Å². The quantitative estimate of drug-likeness (QED) is 0.830. The van der Waals surface area contributed by atoms with Crippen LogP contribution in [0.3, 0.4) is 0 Å². The van der Waals surface area contributed by atoms with Crippen LogP contribution in [0.5, 0.6) is 0 Å². The van der Waals surface area contributed by atoms with Crippen molar-refractivity contribution in [3.8, 4) is 0 Å². The van der Waals surface area contributed by atoms with E-state index in [1.807, 2.05) is 12.1 Å². The second kappa shape index (κ2) is 7.71. The molecule has 2 aliphatic rings. The number of aliphatic hydroxyl groups is 1. The Morgan fingerprint density at radius 1 is 1.25 bits per heavy atom. The van der Waals surface area contributed by atoms with E-state index in [1.54, 1.807) is 4.90 Å². The third-order valence-electron chi connectivity index (χ3n) is 5.45. The molecule has 1 aromatic carbocycles. The van der Waals surface area contributed by atoms with Crippen LogP contribution in [0.1, 0.15) is 39.4 Å². The molecule has 0 bridgehead atoms. The minimum absolute atomic E-state index is 0.174. The lowest BCUT2D eigenvalue weighted by atomic mass is 9.90. The minimum atomic E-state index is -0.727. The third kappa shape index (κ3) is 3.91. The van der Waals surface area contributed by atoms with Gasteiger partial charge in [-0.25, -0.2) is 4.39 Å². The van der Waals surface area contributed by atoms with E-state index >= 15 is 0 Å². The van der Waals surface area contributed by atoms with Crippen molar-refractivity contribution in [2.24, 2.45) is 5.92 Å². The van der Waals surface area contributed by atoms with E-state index < -0.39 is 6.10 Å². The molecule has 0 radical (unpaired) electrons. The summed E-state index contributed by atoms with van der Waals surface area (Å²) < 4.78 is 14.4. The summed E-state index contributed by atoms with van der Waals surface area (Å²) in [4.78, 5) is 26.6. The lowest BCUT2D eigenvalue weighted by Crippen LogP contribution is -2.39. The molecule has 2 N–H and O–H groups in total. The second-order valence-corrected chi connectivity index (χ2v) is 7.53. The molecule has 148 valence electrons. The number of halogens is 1. The number of hydrogen-bond donors (Lipinski definition) is 2. The number of carbonyl (C=O) groups excluding carboxylic acids is 2. The van der Waals surface area contributed by atoms with Gasteiger partial charge in [0.1, 0.15) is 11.5 Å². The van der Waals surface area contributed by atoms with Gasteiger partial charge in [0.25, 0.3) is 11.8 Å². The molecule has 1 atom stereocenters. The van der Waals surface area contributed by atoms with E-state index in [4.69, 9.17) is 0 Å². The topological polar surface area (TPSA) is 87.5 Å². The first-order chi connectivity index (χ1) is 13.5. The first-order valence-corrected chi connectivity index (χ1v) is 9.57. The van der Waals surface area contributed by atoms with Gasteiger partial charge in [0.05, 0.1) is 12.6 Å². The lowest BCUT2D eigenvalue weighted by Gasteiger charge is -2.31. The fraction of sp³-hybridized carbons (Fsp3) is 0.450. The predicted octanol–water partition coefficient (Wildman–Crippen LogP) is 1.22. The van der Waals surface area contributed by atoms with E-state index in [0.29, 0.717) is 24.7 Å². The summed E-state index contributed by atoms with van der Waals surface area (Å²) in [5, 5.41) is 16.7. The number of aliphatic hydroxyl groups excluding tert-OH is 1. The predicted molar refractivity (Wildman–Crippen MR) is 99.3 cm³/mol. The van der Waals surface area contributed by atoms with Crippen LogP contribution >= 0.6 is 0 Å². The molecule has 28 heavy (non-hydrogen) atoms. The van der Waals surface area contributed by atoms with Gasteiger partial charge in [-0.2, -0.15) is 5.10 Å². The average Bonchev–Trinajstić information content (AvgIpc) is 3.06. The van der Waals surface area contributed by atoms with E-state index in [9.17, 15) is 19.1 Å². The minimum Gasteiger partial charge on any atom is -0.389 e. The Bertz CT molecular complexity index is 872. The van der Waals surface area contributed by atoms with E-state index in [-0.39, 0.29) is 36.4 Å². The van der Waals surface area contributed by atoms with Crippen LogP contribution < -0.4 is 5.32 Å². The van der Waals surface area contributed by atoms with Crippen LogP contribution in [-0.2, 0) is 13.0 Å². The van der Waals surface area contributed by atoms with E-state index in [1.165, 1.54) is 22.9 Å². The maximum Gasteiger partial charge on any atom is 0.274 e. The zero-order chi connectivity index (χ0) is 19.7. The smallest absolute Gasteiger partial charge is 0.274 e. The number of aromatic nitrogens is 2. The molecule has 0 saturated carbocycles. The molecule has 0 unspecified atom stereocenters. The Hall–Kier alpha value is -2.74. The molecular weight excluding hydrogens is 363 g/mol. The molecule has 2 aliphatic heterocycles. The largest absolute Gasteiger partial charge is 0.389 e. The highest BCUT2D eigenvalue weighted by Crippen LogP contribution is 2.23. The first-order valence-electron chi connectivity index (χ1n) is 9.57. The molecule has 4 rings (SSSR count). The number of hydrogen-bond acceptors (Lipinski definition) is 4. The Balaban J connectivity index is 1.38. The fourth-order valence-corrected chi connectivity index (χ4v) is 3.86. The number of β-amino-alcohol motifs (C(OH)–C–C–N with tert-alkyl or cyclic N) is 1. The van der Waals surface area contributed by atoms with Crippen LogP contribution in [0.25, 0.3) is 0 Å². The zero-order valence-electron chi connectivity index (χ0n) is 15.5. The zero-order valence-corrected chi connectivity index (χ0v) is 15.5. The van der Waals surface area contributed by atoms with Gasteiger partial charge < -0.3 is 15.3 Å². The third-order valence-corrected chi connectivity index (χ3v) is 5.45. The molecule has 1 fully saturated rings. The lowest BCUT2D eigenvalue weighted by molar-refractivity contribution is 0.0682. The van der Waals surface area contributed by atoms with Gasteiger partial charge in [0.15, 0.2) is 5.69 Å². The van der Waals surface area contributed by atoms with Crippen LogP contribution in [0.15, 0.2) is 30.3 Å². The summed E-state index contributed by atoms with van der Waals surface area (Å²) >= 11 is 0. The fourth-order valence-electron chi connectivity index (χ4n) is 3.86. The molecule has 0 spiro atoms. The van der Waals surface area contributed by atoms with Gasteiger partial charge in [-0.05, 0) is 42.9 Å². The van der Waals surface area contributed by atoms with Gasteiger partial charge in [-0.15, -0.1) is 0 Å². The number of piperidine rings is 1. The number of carbonyl (C=O) groups is 2. The Morgan fingerprint density at radius 2 is 1.96 bits per heavy atom. The first kappa shape index (κ1) is 18.6. The average molecular weight is 386 g/mol. The van der Waals surface area contributed by atoms with Crippen LogP contribution in [0.4, 0.5) is 4.39 Å². The monoisotopic (exact) mass is 386 g/mol. The summed E-state index contributed by atoms with van der Waals surface area (Å²) in [5.74, 6) is -0.304. The van der Waals surface area contributed by atoms with Crippen LogP contribution in [0.2, 0.25) is 0 Å². The van der Waals surface area contributed by atoms with Crippen molar-refractivity contribution in [2.75, 3.05) is 19.6 Å². The second-order valence-electron chi connectivity index (χ2n) is 7.53. The molecule has 8 heteroatoms. The van der Waals surface area contributed by atoms with Crippen molar-refractivity contribution in [1.82, 2.24) is 20.0 Å². The summed E-state index contributed by atoms with van der Waals surface area (Å²) in [5.41, 5.74) is 1.64. The molecule has 1 aromatic heterocycles. The van der Waals surface area contributed by atoms with Crippen molar-refractivity contribution in [3.05, 3.63) is 53.1 Å². The Labute approximate surface area is 162 Å². The van der Waals surface area contributed by atoms with Crippen molar-refractivity contribution >= 4 is 11.8 Å². The van der Waals surface area contributed by atoms with Gasteiger partial charge in [0.2, 0.25) is 0 Å². The number of fused-ring (bicyclic) bond motifs is 1. The standard InChI is InChI=1S/C20H23FN4O3/c21-15-3-1-13(2-4-15)9-14-5-7-24(8-6-14)20(28)17-10-18-19(27)22-11-16(26)12-25(18)23-17/h1-4,10,14,16,26H,5-9,11-12H2,(H,22,27)/t16-/m0/s1. The molecule has 2 aromatic rings. The summed E-state index contributed by atoms with van der Waals surface area (Å²) in [6.07, 6.45) is 1.89. The Morgan fingerprint density at radius 3 is 2.68 bits per heavy atom.